The molecular formula is C23H22BrNOS. The number of halogens is 1. The van der Waals surface area contributed by atoms with Crippen molar-refractivity contribution < 1.29 is 4.74 Å². The molecule has 0 aliphatic carbocycles. The molecule has 0 fully saturated rings. The van der Waals surface area contributed by atoms with Crippen LogP contribution in [0, 0.1) is 11.8 Å². The second-order valence-electron chi connectivity index (χ2n) is 6.11. The van der Waals surface area contributed by atoms with Crippen molar-refractivity contribution in [3.05, 3.63) is 86.5 Å². The van der Waals surface area contributed by atoms with Crippen LogP contribution in [0.1, 0.15) is 22.9 Å². The van der Waals surface area contributed by atoms with Gasteiger partial charge in [0, 0.05) is 17.0 Å². The zero-order chi connectivity index (χ0) is 18.9. The van der Waals surface area contributed by atoms with E-state index in [0.717, 1.165) is 34.7 Å². The molecule has 3 aromatic rings. The van der Waals surface area contributed by atoms with Gasteiger partial charge in [-0.3, -0.25) is 4.90 Å². The lowest BCUT2D eigenvalue weighted by molar-refractivity contribution is 0.303. The van der Waals surface area contributed by atoms with Gasteiger partial charge in [-0.2, -0.15) is 0 Å². The fourth-order valence-electron chi connectivity index (χ4n) is 2.63. The predicted octanol–water partition coefficient (Wildman–Crippen LogP) is 5.96. The van der Waals surface area contributed by atoms with Crippen LogP contribution < -0.4 is 4.74 Å². The Morgan fingerprint density at radius 3 is 2.63 bits per heavy atom. The molecule has 1 heterocycles. The Bertz CT molecular complexity index is 911. The summed E-state index contributed by atoms with van der Waals surface area (Å²) in [6, 6.07) is 22.6. The van der Waals surface area contributed by atoms with Crippen LogP contribution in [0.25, 0.3) is 0 Å². The summed E-state index contributed by atoms with van der Waals surface area (Å²) in [4.78, 5) is 3.53. The third-order valence-electron chi connectivity index (χ3n) is 4.07. The van der Waals surface area contributed by atoms with E-state index >= 15 is 0 Å². The third-order valence-corrected chi connectivity index (χ3v) is 5.67. The van der Waals surface area contributed by atoms with E-state index in [0.29, 0.717) is 6.61 Å². The summed E-state index contributed by atoms with van der Waals surface area (Å²) in [5.74, 6) is 7.41. The van der Waals surface area contributed by atoms with Gasteiger partial charge in [0.1, 0.15) is 12.4 Å². The van der Waals surface area contributed by atoms with Gasteiger partial charge >= 0.3 is 0 Å². The molecule has 0 radical (unpaired) electrons. The van der Waals surface area contributed by atoms with E-state index in [1.54, 1.807) is 11.3 Å². The van der Waals surface area contributed by atoms with Gasteiger partial charge in [0.25, 0.3) is 0 Å². The van der Waals surface area contributed by atoms with Crippen LogP contribution in [0.3, 0.4) is 0 Å². The van der Waals surface area contributed by atoms with Crippen molar-refractivity contribution >= 4 is 27.3 Å². The Morgan fingerprint density at radius 1 is 1.04 bits per heavy atom. The van der Waals surface area contributed by atoms with Gasteiger partial charge in [0.15, 0.2) is 0 Å². The fraction of sp³-hybridized carbons (Fsp3) is 0.217. The molecule has 0 atom stereocenters. The first kappa shape index (κ1) is 19.7. The second kappa shape index (κ2) is 10.3. The van der Waals surface area contributed by atoms with Gasteiger partial charge in [-0.1, -0.05) is 49.1 Å². The van der Waals surface area contributed by atoms with Gasteiger partial charge in [-0.15, -0.1) is 11.3 Å². The van der Waals surface area contributed by atoms with Gasteiger partial charge in [0.05, 0.1) is 10.3 Å². The van der Waals surface area contributed by atoms with Gasteiger partial charge in [-0.25, -0.2) is 0 Å². The minimum atomic E-state index is 0.597. The molecule has 2 aromatic carbocycles. The maximum atomic E-state index is 5.94. The van der Waals surface area contributed by atoms with Crippen molar-refractivity contribution in [2.75, 3.05) is 13.1 Å². The quantitative estimate of drug-likeness (QED) is 0.420. The highest BCUT2D eigenvalue weighted by Crippen LogP contribution is 2.24. The highest BCUT2D eigenvalue weighted by atomic mass is 79.9. The summed E-state index contributed by atoms with van der Waals surface area (Å²) in [6.45, 7) is 5.33. The largest absolute Gasteiger partial charge is 0.488 e. The van der Waals surface area contributed by atoms with Crippen molar-refractivity contribution in [3.8, 4) is 17.6 Å². The molecule has 0 bridgehead atoms. The molecule has 2 nitrogen and oxygen atoms in total. The third kappa shape index (κ3) is 6.55. The van der Waals surface area contributed by atoms with Crippen LogP contribution >= 0.6 is 27.3 Å². The number of benzene rings is 2. The molecule has 0 aliphatic heterocycles. The van der Waals surface area contributed by atoms with Crippen molar-refractivity contribution in [2.24, 2.45) is 0 Å². The fourth-order valence-corrected chi connectivity index (χ4v) is 4.03. The normalized spacial score (nSPS) is 10.5. The van der Waals surface area contributed by atoms with E-state index in [1.807, 2.05) is 36.4 Å². The molecule has 0 saturated carbocycles. The molecule has 0 N–H and O–H groups in total. The zero-order valence-electron chi connectivity index (χ0n) is 15.3. The molecule has 0 spiro atoms. The molecular weight excluding hydrogens is 418 g/mol. The minimum Gasteiger partial charge on any atom is -0.488 e. The number of ether oxygens (including phenoxy) is 1. The van der Waals surface area contributed by atoms with Crippen molar-refractivity contribution in [2.45, 2.75) is 20.1 Å². The van der Waals surface area contributed by atoms with E-state index in [9.17, 15) is 0 Å². The number of rotatable bonds is 7. The summed E-state index contributed by atoms with van der Waals surface area (Å²) in [6.07, 6.45) is 0. The van der Waals surface area contributed by atoms with E-state index < -0.39 is 0 Å². The maximum Gasteiger partial charge on any atom is 0.122 e. The van der Waals surface area contributed by atoms with Crippen molar-refractivity contribution in [1.29, 1.82) is 0 Å². The Labute approximate surface area is 173 Å². The van der Waals surface area contributed by atoms with Gasteiger partial charge < -0.3 is 4.74 Å². The first-order valence-corrected chi connectivity index (χ1v) is 10.6. The molecule has 3 rings (SSSR count). The van der Waals surface area contributed by atoms with E-state index in [4.69, 9.17) is 4.74 Å². The highest BCUT2D eigenvalue weighted by molar-refractivity contribution is 9.11. The Balaban J connectivity index is 1.56. The lowest BCUT2D eigenvalue weighted by atomic mass is 10.2. The van der Waals surface area contributed by atoms with Crippen LogP contribution in [-0.4, -0.2) is 18.0 Å². The molecule has 27 heavy (non-hydrogen) atoms. The first-order chi connectivity index (χ1) is 13.2. The lowest BCUT2D eigenvalue weighted by Gasteiger charge is -2.18. The maximum absolute atomic E-state index is 5.94. The van der Waals surface area contributed by atoms with Crippen LogP contribution in [0.5, 0.6) is 5.75 Å². The molecule has 1 aromatic heterocycles. The molecule has 138 valence electrons. The molecule has 4 heteroatoms. The predicted molar refractivity (Wildman–Crippen MR) is 117 cm³/mol. The van der Waals surface area contributed by atoms with Crippen molar-refractivity contribution in [3.63, 3.8) is 0 Å². The Hall–Kier alpha value is -2.06. The SMILES string of the molecule is CCN(CC#Cc1ccccc1)Cc1cccc(OCc2ccc(Br)s2)c1. The Kier molecular flexibility index (Phi) is 7.53. The van der Waals surface area contributed by atoms with E-state index in [2.05, 4.69) is 69.9 Å². The lowest BCUT2D eigenvalue weighted by Crippen LogP contribution is -2.23. The van der Waals surface area contributed by atoms with Crippen LogP contribution in [0.2, 0.25) is 0 Å². The molecule has 0 aliphatic rings. The van der Waals surface area contributed by atoms with Crippen molar-refractivity contribution in [1.82, 2.24) is 4.90 Å². The van der Waals surface area contributed by atoms with Crippen LogP contribution in [0.4, 0.5) is 0 Å². The summed E-state index contributed by atoms with van der Waals surface area (Å²) >= 11 is 5.19. The monoisotopic (exact) mass is 439 g/mol. The summed E-state index contributed by atoms with van der Waals surface area (Å²) in [5, 5.41) is 0. The topological polar surface area (TPSA) is 12.5 Å². The smallest absolute Gasteiger partial charge is 0.122 e. The van der Waals surface area contributed by atoms with E-state index in [1.165, 1.54) is 10.4 Å². The number of hydrogen-bond donors (Lipinski definition) is 0. The van der Waals surface area contributed by atoms with Crippen LogP contribution in [-0.2, 0) is 13.2 Å². The minimum absolute atomic E-state index is 0.597. The zero-order valence-corrected chi connectivity index (χ0v) is 17.7. The number of hydrogen-bond acceptors (Lipinski definition) is 3. The summed E-state index contributed by atoms with van der Waals surface area (Å²) in [7, 11) is 0. The van der Waals surface area contributed by atoms with Crippen LogP contribution in [0.15, 0.2) is 70.5 Å². The highest BCUT2D eigenvalue weighted by Gasteiger charge is 2.05. The second-order valence-corrected chi connectivity index (χ2v) is 8.66. The molecule has 0 saturated heterocycles. The first-order valence-electron chi connectivity index (χ1n) is 8.95. The molecule has 0 amide bonds. The number of thiophene rings is 1. The van der Waals surface area contributed by atoms with Gasteiger partial charge in [-0.05, 0) is 64.4 Å². The summed E-state index contributed by atoms with van der Waals surface area (Å²) < 4.78 is 7.07. The van der Waals surface area contributed by atoms with Gasteiger partial charge in [0.2, 0.25) is 0 Å². The average molecular weight is 440 g/mol. The summed E-state index contributed by atoms with van der Waals surface area (Å²) in [5.41, 5.74) is 2.30. The average Bonchev–Trinajstić information content (AvgIpc) is 3.12. The standard InChI is InChI=1S/C23H22BrNOS/c1-2-25(15-7-11-19-8-4-3-5-9-19)17-20-10-6-12-21(16-20)26-18-22-13-14-23(24)27-22/h3-6,8-10,12-14,16H,2,15,17-18H2,1H3. The molecule has 0 unspecified atom stereocenters. The number of nitrogens with zero attached hydrogens (tertiary/aromatic N) is 1. The Morgan fingerprint density at radius 2 is 1.89 bits per heavy atom. The van der Waals surface area contributed by atoms with E-state index in [-0.39, 0.29) is 0 Å².